The number of esters is 1. The van der Waals surface area contributed by atoms with Crippen molar-refractivity contribution in [1.82, 2.24) is 0 Å². The van der Waals surface area contributed by atoms with Crippen LogP contribution in [0.2, 0.25) is 5.02 Å². The summed E-state index contributed by atoms with van der Waals surface area (Å²) in [5.41, 5.74) is 1.40. The molecule has 3 aromatic rings. The van der Waals surface area contributed by atoms with Gasteiger partial charge in [0.25, 0.3) is 0 Å². The van der Waals surface area contributed by atoms with E-state index in [4.69, 9.17) is 25.5 Å². The van der Waals surface area contributed by atoms with Gasteiger partial charge in [-0.3, -0.25) is 4.79 Å². The van der Waals surface area contributed by atoms with Crippen molar-refractivity contribution in [1.29, 1.82) is 0 Å². The van der Waals surface area contributed by atoms with Crippen LogP contribution in [0.3, 0.4) is 0 Å². The molecule has 0 aliphatic carbocycles. The maximum atomic E-state index is 12.7. The van der Waals surface area contributed by atoms with E-state index in [1.54, 1.807) is 42.5 Å². The Morgan fingerprint density at radius 2 is 1.93 bits per heavy atom. The van der Waals surface area contributed by atoms with Crippen LogP contribution in [0.5, 0.6) is 5.75 Å². The molecule has 140 valence electrons. The van der Waals surface area contributed by atoms with Gasteiger partial charge in [0.15, 0.2) is 12.0 Å². The van der Waals surface area contributed by atoms with Crippen LogP contribution in [0.15, 0.2) is 57.9 Å². The minimum Gasteiger partial charge on any atom is -0.482 e. The molecule has 5 nitrogen and oxygen atoms in total. The first kappa shape index (κ1) is 19.0. The number of hydrogen-bond donors (Lipinski definition) is 0. The van der Waals surface area contributed by atoms with Crippen molar-refractivity contribution in [2.45, 2.75) is 26.4 Å². The Balaban J connectivity index is 1.81. The van der Waals surface area contributed by atoms with E-state index in [2.05, 4.69) is 0 Å². The Morgan fingerprint density at radius 3 is 2.63 bits per heavy atom. The summed E-state index contributed by atoms with van der Waals surface area (Å²) in [7, 11) is 0. The van der Waals surface area contributed by atoms with Crippen LogP contribution in [0.1, 0.15) is 20.3 Å². The van der Waals surface area contributed by atoms with Crippen LogP contribution in [-0.4, -0.2) is 18.7 Å². The second kappa shape index (κ2) is 8.27. The Kier molecular flexibility index (Phi) is 5.81. The fourth-order valence-corrected chi connectivity index (χ4v) is 2.64. The highest BCUT2D eigenvalue weighted by molar-refractivity contribution is 6.30. The van der Waals surface area contributed by atoms with Gasteiger partial charge in [-0.25, -0.2) is 4.79 Å². The summed E-state index contributed by atoms with van der Waals surface area (Å²) in [4.78, 5) is 24.4. The van der Waals surface area contributed by atoms with Crippen molar-refractivity contribution in [3.8, 4) is 16.9 Å². The molecule has 3 rings (SSSR count). The van der Waals surface area contributed by atoms with Gasteiger partial charge in [0.1, 0.15) is 17.6 Å². The molecule has 1 aromatic heterocycles. The minimum atomic E-state index is -0.441. The third-order valence-electron chi connectivity index (χ3n) is 4.17. The zero-order valence-corrected chi connectivity index (χ0v) is 15.8. The van der Waals surface area contributed by atoms with Crippen molar-refractivity contribution in [3.05, 3.63) is 64.0 Å². The zero-order chi connectivity index (χ0) is 19.4. The van der Waals surface area contributed by atoms with E-state index < -0.39 is 5.97 Å². The number of carbonyl (C=O) groups excluding carboxylic acids is 1. The highest BCUT2D eigenvalue weighted by Gasteiger charge is 2.12. The lowest BCUT2D eigenvalue weighted by Crippen LogP contribution is -2.20. The molecule has 1 heterocycles. The first-order valence-electron chi connectivity index (χ1n) is 8.61. The number of halogens is 1. The van der Waals surface area contributed by atoms with Gasteiger partial charge in [-0.15, -0.1) is 0 Å². The minimum absolute atomic E-state index is 0.151. The molecule has 0 amide bonds. The van der Waals surface area contributed by atoms with E-state index in [0.717, 1.165) is 12.0 Å². The fourth-order valence-electron chi connectivity index (χ4n) is 2.51. The number of rotatable bonds is 6. The third kappa shape index (κ3) is 4.49. The molecule has 0 N–H and O–H groups in total. The van der Waals surface area contributed by atoms with Crippen LogP contribution in [0.25, 0.3) is 22.1 Å². The molecule has 1 atom stereocenters. The quantitative estimate of drug-likeness (QED) is 0.567. The summed E-state index contributed by atoms with van der Waals surface area (Å²) in [5, 5.41) is 1.02. The van der Waals surface area contributed by atoms with Crippen molar-refractivity contribution in [2.24, 2.45) is 0 Å². The van der Waals surface area contributed by atoms with Crippen LogP contribution in [0, 0.1) is 0 Å². The number of fused-ring (bicyclic) bond motifs is 1. The lowest BCUT2D eigenvalue weighted by molar-refractivity contribution is -0.150. The summed E-state index contributed by atoms with van der Waals surface area (Å²) in [6, 6.07) is 11.8. The van der Waals surface area contributed by atoms with E-state index in [9.17, 15) is 9.59 Å². The fraction of sp³-hybridized carbons (Fsp3) is 0.238. The number of benzene rings is 2. The van der Waals surface area contributed by atoms with Crippen LogP contribution < -0.4 is 10.2 Å². The molecule has 0 saturated carbocycles. The highest BCUT2D eigenvalue weighted by atomic mass is 35.5. The lowest BCUT2D eigenvalue weighted by atomic mass is 10.1. The van der Waals surface area contributed by atoms with Gasteiger partial charge in [0, 0.05) is 11.1 Å². The van der Waals surface area contributed by atoms with Crippen molar-refractivity contribution >= 4 is 28.5 Å². The Morgan fingerprint density at radius 1 is 1.19 bits per heavy atom. The van der Waals surface area contributed by atoms with Gasteiger partial charge < -0.3 is 13.9 Å². The maximum absolute atomic E-state index is 12.7. The Labute approximate surface area is 161 Å². The molecule has 0 aliphatic rings. The zero-order valence-electron chi connectivity index (χ0n) is 15.0. The summed E-state index contributed by atoms with van der Waals surface area (Å²) >= 11 is 5.89. The molecule has 0 saturated heterocycles. The number of carbonyl (C=O) groups is 1. The first-order valence-corrected chi connectivity index (χ1v) is 8.99. The average Bonchev–Trinajstić information content (AvgIpc) is 2.67. The second-order valence-corrected chi connectivity index (χ2v) is 6.58. The van der Waals surface area contributed by atoms with E-state index >= 15 is 0 Å². The maximum Gasteiger partial charge on any atom is 0.344 e. The molecular formula is C21H19ClO5. The predicted molar refractivity (Wildman–Crippen MR) is 104 cm³/mol. The molecule has 0 fully saturated rings. The van der Waals surface area contributed by atoms with Crippen molar-refractivity contribution in [2.75, 3.05) is 6.61 Å². The van der Waals surface area contributed by atoms with E-state index in [1.807, 2.05) is 13.8 Å². The number of ether oxygens (including phenoxy) is 2. The van der Waals surface area contributed by atoms with E-state index in [0.29, 0.717) is 27.3 Å². The Hall–Kier alpha value is -2.79. The van der Waals surface area contributed by atoms with Gasteiger partial charge in [-0.1, -0.05) is 30.7 Å². The SMILES string of the molecule is CCC(C)OC(=O)COc1ccc2c(=O)c(-c3ccc(Cl)cc3)coc2c1. The lowest BCUT2D eigenvalue weighted by Gasteiger charge is -2.11. The third-order valence-corrected chi connectivity index (χ3v) is 4.42. The molecule has 6 heteroatoms. The van der Waals surface area contributed by atoms with Gasteiger partial charge in [0.05, 0.1) is 17.1 Å². The van der Waals surface area contributed by atoms with Gasteiger partial charge in [-0.2, -0.15) is 0 Å². The molecule has 2 aromatic carbocycles. The van der Waals surface area contributed by atoms with Crippen molar-refractivity contribution < 1.29 is 18.7 Å². The summed E-state index contributed by atoms with van der Waals surface area (Å²) in [6.45, 7) is 3.55. The first-order chi connectivity index (χ1) is 13.0. The summed E-state index contributed by atoms with van der Waals surface area (Å²) in [5.74, 6) is -0.0185. The number of hydrogen-bond acceptors (Lipinski definition) is 5. The second-order valence-electron chi connectivity index (χ2n) is 6.14. The smallest absolute Gasteiger partial charge is 0.344 e. The van der Waals surface area contributed by atoms with Gasteiger partial charge in [0.2, 0.25) is 0 Å². The predicted octanol–water partition coefficient (Wildman–Crippen LogP) is 4.83. The normalized spacial score (nSPS) is 12.0. The molecule has 1 unspecified atom stereocenters. The topological polar surface area (TPSA) is 65.7 Å². The molecular weight excluding hydrogens is 368 g/mol. The van der Waals surface area contributed by atoms with Crippen LogP contribution in [-0.2, 0) is 9.53 Å². The highest BCUT2D eigenvalue weighted by Crippen LogP contribution is 2.24. The molecule has 27 heavy (non-hydrogen) atoms. The summed E-state index contributed by atoms with van der Waals surface area (Å²) < 4.78 is 16.2. The van der Waals surface area contributed by atoms with E-state index in [1.165, 1.54) is 6.26 Å². The van der Waals surface area contributed by atoms with Crippen molar-refractivity contribution in [3.63, 3.8) is 0 Å². The van der Waals surface area contributed by atoms with Gasteiger partial charge in [-0.05, 0) is 43.2 Å². The van der Waals surface area contributed by atoms with Gasteiger partial charge >= 0.3 is 5.97 Å². The van der Waals surface area contributed by atoms with Crippen LogP contribution in [0.4, 0.5) is 0 Å². The summed E-state index contributed by atoms with van der Waals surface area (Å²) in [6.07, 6.45) is 2.00. The van der Waals surface area contributed by atoms with E-state index in [-0.39, 0.29) is 18.1 Å². The Bertz CT molecular complexity index is 1010. The van der Waals surface area contributed by atoms with Crippen LogP contribution >= 0.6 is 11.6 Å². The average molecular weight is 387 g/mol. The molecule has 0 bridgehead atoms. The molecule has 0 aliphatic heterocycles. The molecule has 0 spiro atoms. The molecule has 0 radical (unpaired) electrons. The largest absolute Gasteiger partial charge is 0.482 e. The standard InChI is InChI=1S/C21H19ClO5/c1-3-13(2)27-20(23)12-25-16-8-9-17-19(10-16)26-11-18(21(17)24)14-4-6-15(22)7-5-14/h4-11,13H,3,12H2,1-2H3. The monoisotopic (exact) mass is 386 g/mol.